The second kappa shape index (κ2) is 7.13. The molecule has 0 fully saturated rings. The molecule has 6 nitrogen and oxygen atoms in total. The molecule has 134 valence electrons. The number of H-pyrrole nitrogens is 1. The smallest absolute Gasteiger partial charge is 0.248 e. The van der Waals surface area contributed by atoms with Crippen LogP contribution in [0.15, 0.2) is 65.8 Å². The van der Waals surface area contributed by atoms with Crippen LogP contribution in [0.5, 0.6) is 0 Å². The summed E-state index contributed by atoms with van der Waals surface area (Å²) in [6.45, 7) is 4.03. The first-order valence-corrected chi connectivity index (χ1v) is 8.93. The number of benzene rings is 2. The van der Waals surface area contributed by atoms with Crippen LogP contribution in [0.25, 0.3) is 17.2 Å². The lowest BCUT2D eigenvalue weighted by Crippen LogP contribution is -2.07. The van der Waals surface area contributed by atoms with Gasteiger partial charge in [0, 0.05) is 11.3 Å². The van der Waals surface area contributed by atoms with E-state index in [-0.39, 0.29) is 0 Å². The van der Waals surface area contributed by atoms with Gasteiger partial charge in [0.15, 0.2) is 0 Å². The van der Waals surface area contributed by atoms with Gasteiger partial charge < -0.3 is 0 Å². The van der Waals surface area contributed by atoms with E-state index >= 15 is 0 Å². The van der Waals surface area contributed by atoms with Crippen molar-refractivity contribution in [1.29, 1.82) is 0 Å². The largest absolute Gasteiger partial charge is 0.271 e. The van der Waals surface area contributed by atoms with Crippen LogP contribution in [0.1, 0.15) is 16.8 Å². The fraction of sp³-hybridized carbons (Fsp3) is 0.100. The third kappa shape index (κ3) is 3.50. The summed E-state index contributed by atoms with van der Waals surface area (Å²) in [6.07, 6.45) is 1.76. The first-order valence-electron chi connectivity index (χ1n) is 8.53. The minimum atomic E-state index is 0.407. The Bertz CT molecular complexity index is 1150. The van der Waals surface area contributed by atoms with E-state index in [2.05, 4.69) is 27.3 Å². The Balaban J connectivity index is 1.73. The van der Waals surface area contributed by atoms with Crippen LogP contribution in [0, 0.1) is 18.6 Å². The number of hydrogen-bond donors (Lipinski definition) is 1. The van der Waals surface area contributed by atoms with Crippen LogP contribution in [0.2, 0.25) is 0 Å². The van der Waals surface area contributed by atoms with Crippen LogP contribution in [0.3, 0.4) is 0 Å². The number of hydrogen-bond acceptors (Lipinski definition) is 4. The van der Waals surface area contributed by atoms with E-state index in [0.717, 1.165) is 22.5 Å². The molecule has 7 heteroatoms. The van der Waals surface area contributed by atoms with Crippen LogP contribution >= 0.6 is 12.2 Å². The molecule has 2 aromatic carbocycles. The predicted octanol–water partition coefficient (Wildman–Crippen LogP) is 4.29. The Morgan fingerprint density at radius 2 is 1.78 bits per heavy atom. The zero-order chi connectivity index (χ0) is 18.8. The molecule has 0 atom stereocenters. The SMILES string of the molecule is Cc1ccc(/C=N/n2c(-n3nc(-c4ccccc4)cc3C)n[nH]c2=S)cc1. The molecule has 4 aromatic rings. The topological polar surface area (TPSA) is 63.8 Å². The molecule has 0 amide bonds. The average Bonchev–Trinajstić information content (AvgIpc) is 3.24. The van der Waals surface area contributed by atoms with Crippen molar-refractivity contribution < 1.29 is 0 Å². The van der Waals surface area contributed by atoms with Gasteiger partial charge in [-0.05, 0) is 37.7 Å². The molecule has 2 heterocycles. The first kappa shape index (κ1) is 17.1. The monoisotopic (exact) mass is 374 g/mol. The number of rotatable bonds is 4. The van der Waals surface area contributed by atoms with Crippen molar-refractivity contribution in [2.24, 2.45) is 5.10 Å². The highest BCUT2D eigenvalue weighted by Gasteiger charge is 2.14. The summed E-state index contributed by atoms with van der Waals surface area (Å²) >= 11 is 5.34. The van der Waals surface area contributed by atoms with Gasteiger partial charge >= 0.3 is 0 Å². The molecule has 0 saturated carbocycles. The zero-order valence-corrected chi connectivity index (χ0v) is 15.8. The molecule has 2 aromatic heterocycles. The van der Waals surface area contributed by atoms with Gasteiger partial charge in [0.25, 0.3) is 5.95 Å². The number of nitrogens with one attached hydrogen (secondary N) is 1. The minimum Gasteiger partial charge on any atom is -0.248 e. The molecule has 0 unspecified atom stereocenters. The summed E-state index contributed by atoms with van der Waals surface area (Å²) in [5.74, 6) is 0.517. The second-order valence-electron chi connectivity index (χ2n) is 6.24. The van der Waals surface area contributed by atoms with Crippen LogP contribution in [-0.2, 0) is 0 Å². The van der Waals surface area contributed by atoms with Gasteiger partial charge in [0.1, 0.15) is 0 Å². The summed E-state index contributed by atoms with van der Waals surface area (Å²) in [6, 6.07) is 20.1. The summed E-state index contributed by atoms with van der Waals surface area (Å²) in [4.78, 5) is 0. The van der Waals surface area contributed by atoms with Crippen molar-refractivity contribution in [2.45, 2.75) is 13.8 Å². The maximum Gasteiger partial charge on any atom is 0.271 e. The van der Waals surface area contributed by atoms with Crippen molar-refractivity contribution in [2.75, 3.05) is 0 Å². The molecular weight excluding hydrogens is 356 g/mol. The summed E-state index contributed by atoms with van der Waals surface area (Å²) < 4.78 is 3.72. The standard InChI is InChI=1S/C20H18N6S/c1-14-8-10-16(11-9-14)13-21-26-19(22-23-20(26)27)25-15(2)12-18(24-25)17-6-4-3-5-7-17/h3-13H,1-2H3,(H,23,27)/b21-13+. The molecular formula is C20H18N6S. The van der Waals surface area contributed by atoms with Gasteiger partial charge in [-0.15, -0.1) is 5.10 Å². The molecule has 27 heavy (non-hydrogen) atoms. The summed E-state index contributed by atoms with van der Waals surface area (Å²) in [5, 5.41) is 16.3. The highest BCUT2D eigenvalue weighted by molar-refractivity contribution is 7.71. The molecule has 4 rings (SSSR count). The highest BCUT2D eigenvalue weighted by Crippen LogP contribution is 2.20. The zero-order valence-electron chi connectivity index (χ0n) is 15.0. The Morgan fingerprint density at radius 3 is 2.52 bits per heavy atom. The Labute approximate surface area is 161 Å². The molecule has 1 N–H and O–H groups in total. The van der Waals surface area contributed by atoms with Crippen LogP contribution < -0.4 is 0 Å². The van der Waals surface area contributed by atoms with Gasteiger partial charge in [0.2, 0.25) is 4.77 Å². The quantitative estimate of drug-likeness (QED) is 0.428. The number of aromatic nitrogens is 5. The van der Waals surface area contributed by atoms with Crippen LogP contribution in [-0.4, -0.2) is 30.9 Å². The number of aryl methyl sites for hydroxylation is 2. The van der Waals surface area contributed by atoms with E-state index in [1.54, 1.807) is 15.6 Å². The second-order valence-corrected chi connectivity index (χ2v) is 6.63. The number of aromatic amines is 1. The van der Waals surface area contributed by atoms with Crippen molar-refractivity contribution in [1.82, 2.24) is 24.7 Å². The van der Waals surface area contributed by atoms with Gasteiger partial charge in [-0.3, -0.25) is 0 Å². The lowest BCUT2D eigenvalue weighted by Gasteiger charge is -2.03. The molecule has 0 aliphatic heterocycles. The maximum atomic E-state index is 5.34. The van der Waals surface area contributed by atoms with Crippen LogP contribution in [0.4, 0.5) is 0 Å². The first-order chi connectivity index (χ1) is 13.1. The highest BCUT2D eigenvalue weighted by atomic mass is 32.1. The third-order valence-corrected chi connectivity index (χ3v) is 4.44. The van der Waals surface area contributed by atoms with Gasteiger partial charge in [-0.1, -0.05) is 60.2 Å². The van der Waals surface area contributed by atoms with E-state index in [1.165, 1.54) is 5.56 Å². The van der Waals surface area contributed by atoms with E-state index < -0.39 is 0 Å². The molecule has 0 aliphatic carbocycles. The maximum absolute atomic E-state index is 5.34. The van der Waals surface area contributed by atoms with E-state index in [9.17, 15) is 0 Å². The van der Waals surface area contributed by atoms with E-state index in [1.807, 2.05) is 67.6 Å². The fourth-order valence-electron chi connectivity index (χ4n) is 2.73. The molecule has 0 bridgehead atoms. The molecule has 0 spiro atoms. The van der Waals surface area contributed by atoms with E-state index in [0.29, 0.717) is 10.7 Å². The van der Waals surface area contributed by atoms with Crippen molar-refractivity contribution in [3.63, 3.8) is 0 Å². The van der Waals surface area contributed by atoms with Crippen molar-refractivity contribution in [3.8, 4) is 17.2 Å². The Hall–Kier alpha value is -3.32. The van der Waals surface area contributed by atoms with Crippen molar-refractivity contribution >= 4 is 18.4 Å². The number of nitrogens with zero attached hydrogens (tertiary/aromatic N) is 5. The third-order valence-electron chi connectivity index (χ3n) is 4.18. The van der Waals surface area contributed by atoms with Gasteiger partial charge in [-0.25, -0.2) is 9.78 Å². The normalized spacial score (nSPS) is 11.3. The Kier molecular flexibility index (Phi) is 4.52. The summed E-state index contributed by atoms with van der Waals surface area (Å²) in [7, 11) is 0. The summed E-state index contributed by atoms with van der Waals surface area (Å²) in [5.41, 5.74) is 5.04. The van der Waals surface area contributed by atoms with Gasteiger partial charge in [0.05, 0.1) is 11.9 Å². The average molecular weight is 374 g/mol. The molecule has 0 aliphatic rings. The van der Waals surface area contributed by atoms with Crippen molar-refractivity contribution in [3.05, 3.63) is 82.3 Å². The molecule has 0 radical (unpaired) electrons. The predicted molar refractivity (Wildman–Crippen MR) is 109 cm³/mol. The van der Waals surface area contributed by atoms with E-state index in [4.69, 9.17) is 12.2 Å². The fourth-order valence-corrected chi connectivity index (χ4v) is 2.90. The Morgan fingerprint density at radius 1 is 1.04 bits per heavy atom. The molecule has 0 saturated heterocycles. The van der Waals surface area contributed by atoms with Gasteiger partial charge in [-0.2, -0.15) is 14.9 Å². The lowest BCUT2D eigenvalue weighted by molar-refractivity contribution is 0.721. The lowest BCUT2D eigenvalue weighted by atomic mass is 10.1. The minimum absolute atomic E-state index is 0.407.